The molecular weight excluding hydrogens is 351 g/mol. The van der Waals surface area contributed by atoms with E-state index in [4.69, 9.17) is 0 Å². The van der Waals surface area contributed by atoms with Crippen molar-refractivity contribution in [1.29, 1.82) is 0 Å². The average Bonchev–Trinajstić information content (AvgIpc) is 2.63. The van der Waals surface area contributed by atoms with Gasteiger partial charge in [-0.15, -0.1) is 0 Å². The number of rotatable bonds is 11. The molecule has 146 valence electrons. The van der Waals surface area contributed by atoms with E-state index in [1.165, 1.54) is 31.2 Å². The van der Waals surface area contributed by atoms with Gasteiger partial charge >= 0.3 is 0 Å². The molecule has 1 atom stereocenters. The number of benzene rings is 2. The van der Waals surface area contributed by atoms with Crippen molar-refractivity contribution in [3.05, 3.63) is 70.3 Å². The minimum atomic E-state index is -2.20. The van der Waals surface area contributed by atoms with E-state index in [-0.39, 0.29) is 5.52 Å². The van der Waals surface area contributed by atoms with Crippen molar-refractivity contribution in [2.45, 2.75) is 65.7 Å². The zero-order chi connectivity index (χ0) is 19.6. The summed E-state index contributed by atoms with van der Waals surface area (Å²) in [7, 11) is -2.20. The lowest BCUT2D eigenvalue weighted by atomic mass is 10.0. The van der Waals surface area contributed by atoms with Crippen LogP contribution in [0.4, 0.5) is 0 Å². The van der Waals surface area contributed by atoms with Gasteiger partial charge in [0.2, 0.25) is 5.52 Å². The van der Waals surface area contributed by atoms with Gasteiger partial charge in [-0.25, -0.2) is 0 Å². The summed E-state index contributed by atoms with van der Waals surface area (Å²) in [6, 6.07) is 14.6. The monoisotopic (exact) mass is 384 g/mol. The molecule has 0 bridgehead atoms. The Morgan fingerprint density at radius 2 is 1.37 bits per heavy atom. The first-order valence-corrected chi connectivity index (χ1v) is 11.8. The molecule has 0 amide bonds. The predicted molar refractivity (Wildman–Crippen MR) is 117 cm³/mol. The molecule has 0 aliphatic carbocycles. The fraction of sp³-hybridized carbons (Fsp3) is 0.458. The van der Waals surface area contributed by atoms with E-state index in [0.29, 0.717) is 11.7 Å². The van der Waals surface area contributed by atoms with Gasteiger partial charge in [-0.1, -0.05) is 73.7 Å². The van der Waals surface area contributed by atoms with Crippen molar-refractivity contribution >= 4 is 13.3 Å². The van der Waals surface area contributed by atoms with Crippen LogP contribution in [0.3, 0.4) is 0 Å². The van der Waals surface area contributed by atoms with Crippen molar-refractivity contribution in [2.24, 2.45) is 0 Å². The summed E-state index contributed by atoms with van der Waals surface area (Å²) >= 11 is 0. The van der Waals surface area contributed by atoms with Crippen LogP contribution in [0.1, 0.15) is 71.1 Å². The number of hydrogen-bond acceptors (Lipinski definition) is 2. The number of carbonyl (C=O) groups excluding carboxylic acids is 1. The Bertz CT molecular complexity index is 742. The van der Waals surface area contributed by atoms with Gasteiger partial charge < -0.3 is 4.57 Å². The van der Waals surface area contributed by atoms with Crippen molar-refractivity contribution in [2.75, 3.05) is 6.16 Å². The third-order valence-electron chi connectivity index (χ3n) is 5.12. The maximum Gasteiger partial charge on any atom is 0.219 e. The van der Waals surface area contributed by atoms with Crippen LogP contribution in [0.2, 0.25) is 0 Å². The normalized spacial score (nSPS) is 12.1. The predicted octanol–water partition coefficient (Wildman–Crippen LogP) is 6.90. The van der Waals surface area contributed by atoms with Gasteiger partial charge in [0.25, 0.3) is 0 Å². The number of carbonyl (C=O) groups is 1. The second kappa shape index (κ2) is 11.2. The Kier molecular flexibility index (Phi) is 9.01. The minimum Gasteiger partial charge on any atom is -0.318 e. The molecule has 2 nitrogen and oxygen atoms in total. The SMILES string of the molecule is Cc1cc(C)c(C(=O)[PH](=O)CCCCCCCCc2ccccc2)c(C)c1. The van der Waals surface area contributed by atoms with Gasteiger partial charge in [-0.05, 0) is 56.7 Å². The maximum absolute atomic E-state index is 12.6. The summed E-state index contributed by atoms with van der Waals surface area (Å²) in [6.07, 6.45) is 8.53. The van der Waals surface area contributed by atoms with Crippen LogP contribution in [0.5, 0.6) is 0 Å². The van der Waals surface area contributed by atoms with Gasteiger partial charge in [0.15, 0.2) is 0 Å². The second-order valence-electron chi connectivity index (χ2n) is 7.63. The van der Waals surface area contributed by atoms with Crippen molar-refractivity contribution in [1.82, 2.24) is 0 Å². The lowest BCUT2D eigenvalue weighted by Gasteiger charge is -2.10. The molecule has 0 spiro atoms. The van der Waals surface area contributed by atoms with Crippen molar-refractivity contribution < 1.29 is 9.36 Å². The fourth-order valence-corrected chi connectivity index (χ4v) is 5.23. The molecule has 0 fully saturated rings. The van der Waals surface area contributed by atoms with Crippen LogP contribution in [-0.4, -0.2) is 11.7 Å². The quantitative estimate of drug-likeness (QED) is 0.312. The highest BCUT2D eigenvalue weighted by Gasteiger charge is 2.18. The number of aryl methyl sites for hydroxylation is 4. The Morgan fingerprint density at radius 3 is 2.00 bits per heavy atom. The standard InChI is InChI=1S/C24H33O2P/c1-19-17-20(2)23(21(3)18-19)24(25)27(26)16-12-7-5-4-6-9-13-22-14-10-8-11-15-22/h8,10-11,14-15,17-18,27H,4-7,9,12-13,16H2,1-3H3. The Labute approximate surface area is 165 Å². The minimum absolute atomic E-state index is 0.127. The Balaban J connectivity index is 1.63. The van der Waals surface area contributed by atoms with E-state index in [2.05, 4.69) is 30.3 Å². The van der Waals surface area contributed by atoms with Crippen molar-refractivity contribution in [3.63, 3.8) is 0 Å². The van der Waals surface area contributed by atoms with Gasteiger partial charge in [0, 0.05) is 11.7 Å². The lowest BCUT2D eigenvalue weighted by Crippen LogP contribution is -2.02. The summed E-state index contributed by atoms with van der Waals surface area (Å²) in [4.78, 5) is 12.6. The van der Waals surface area contributed by atoms with Gasteiger partial charge in [-0.2, -0.15) is 0 Å². The molecule has 0 N–H and O–H groups in total. The number of unbranched alkanes of at least 4 members (excludes halogenated alkanes) is 5. The largest absolute Gasteiger partial charge is 0.318 e. The fourth-order valence-electron chi connectivity index (χ4n) is 3.76. The average molecular weight is 385 g/mol. The Morgan fingerprint density at radius 1 is 0.815 bits per heavy atom. The molecule has 0 saturated carbocycles. The molecule has 1 unspecified atom stereocenters. The van der Waals surface area contributed by atoms with Crippen LogP contribution in [0.15, 0.2) is 42.5 Å². The van der Waals surface area contributed by atoms with Crippen LogP contribution in [0, 0.1) is 20.8 Å². The van der Waals surface area contributed by atoms with E-state index < -0.39 is 7.80 Å². The molecule has 2 aromatic carbocycles. The van der Waals surface area contributed by atoms with E-state index in [1.807, 2.05) is 32.9 Å². The van der Waals surface area contributed by atoms with Gasteiger partial charge in [0.05, 0.1) is 0 Å². The van der Waals surface area contributed by atoms with E-state index in [0.717, 1.165) is 36.0 Å². The van der Waals surface area contributed by atoms with E-state index in [1.54, 1.807) is 0 Å². The summed E-state index contributed by atoms with van der Waals surface area (Å²) in [5.41, 5.74) is 5.02. The third-order valence-corrected chi connectivity index (χ3v) is 6.68. The zero-order valence-corrected chi connectivity index (χ0v) is 18.0. The first-order valence-electron chi connectivity index (χ1n) is 10.2. The zero-order valence-electron chi connectivity index (χ0n) is 17.0. The molecule has 0 aromatic heterocycles. The molecule has 0 aliphatic heterocycles. The molecule has 0 saturated heterocycles. The molecule has 0 heterocycles. The van der Waals surface area contributed by atoms with Crippen LogP contribution in [-0.2, 0) is 11.0 Å². The van der Waals surface area contributed by atoms with E-state index in [9.17, 15) is 9.36 Å². The highest BCUT2D eigenvalue weighted by molar-refractivity contribution is 7.64. The first-order chi connectivity index (χ1) is 13.0. The summed E-state index contributed by atoms with van der Waals surface area (Å²) < 4.78 is 12.5. The second-order valence-corrected chi connectivity index (χ2v) is 9.43. The van der Waals surface area contributed by atoms with Gasteiger partial charge in [-0.3, -0.25) is 4.79 Å². The summed E-state index contributed by atoms with van der Waals surface area (Å²) in [5, 5.41) is 0. The molecule has 27 heavy (non-hydrogen) atoms. The molecule has 2 aromatic rings. The van der Waals surface area contributed by atoms with E-state index >= 15 is 0 Å². The lowest BCUT2D eigenvalue weighted by molar-refractivity contribution is 0.107. The van der Waals surface area contributed by atoms with Crippen molar-refractivity contribution in [3.8, 4) is 0 Å². The highest BCUT2D eigenvalue weighted by Crippen LogP contribution is 2.32. The smallest absolute Gasteiger partial charge is 0.219 e. The summed E-state index contributed by atoms with van der Waals surface area (Å²) in [5.74, 6) is 0. The summed E-state index contributed by atoms with van der Waals surface area (Å²) in [6.45, 7) is 5.91. The third kappa shape index (κ3) is 7.11. The highest BCUT2D eigenvalue weighted by atomic mass is 31.1. The molecule has 2 rings (SSSR count). The van der Waals surface area contributed by atoms with Crippen LogP contribution in [0.25, 0.3) is 0 Å². The van der Waals surface area contributed by atoms with Crippen LogP contribution < -0.4 is 0 Å². The maximum atomic E-state index is 12.6. The van der Waals surface area contributed by atoms with Crippen LogP contribution >= 0.6 is 7.80 Å². The first kappa shape index (κ1) is 21.6. The number of hydrogen-bond donors (Lipinski definition) is 0. The van der Waals surface area contributed by atoms with Gasteiger partial charge in [0.1, 0.15) is 7.80 Å². The Hall–Kier alpha value is -1.66. The molecule has 3 heteroatoms. The molecule has 0 radical (unpaired) electrons. The molecule has 0 aliphatic rings. The molecular formula is C24H33O2P. The topological polar surface area (TPSA) is 34.1 Å².